The summed E-state index contributed by atoms with van der Waals surface area (Å²) in [5.74, 6) is 1.08. The minimum atomic E-state index is -1.02. The Morgan fingerprint density at radius 1 is 1.14 bits per heavy atom. The highest BCUT2D eigenvalue weighted by Gasteiger charge is 2.43. The molecule has 35 heavy (non-hydrogen) atoms. The first-order valence-electron chi connectivity index (χ1n) is 12.1. The lowest BCUT2D eigenvalue weighted by Crippen LogP contribution is -2.44. The largest absolute Gasteiger partial charge is 0.478 e. The van der Waals surface area contributed by atoms with Gasteiger partial charge in [0.25, 0.3) is 0 Å². The van der Waals surface area contributed by atoms with Crippen LogP contribution in [0.4, 0.5) is 4.79 Å². The summed E-state index contributed by atoms with van der Waals surface area (Å²) in [7, 11) is 0. The van der Waals surface area contributed by atoms with Gasteiger partial charge in [-0.15, -0.1) is 0 Å². The maximum atomic E-state index is 12.7. The van der Waals surface area contributed by atoms with Gasteiger partial charge in [0.1, 0.15) is 5.75 Å². The number of nitrogens with zero attached hydrogens (tertiary/aromatic N) is 2. The van der Waals surface area contributed by atoms with Crippen LogP contribution in [-0.2, 0) is 0 Å². The van der Waals surface area contributed by atoms with E-state index < -0.39 is 5.97 Å². The number of pyridine rings is 1. The van der Waals surface area contributed by atoms with E-state index in [4.69, 9.17) is 9.84 Å². The van der Waals surface area contributed by atoms with Crippen LogP contribution in [0.3, 0.4) is 0 Å². The van der Waals surface area contributed by atoms with Gasteiger partial charge in [0.15, 0.2) is 0 Å². The highest BCUT2D eigenvalue weighted by atomic mass is 16.5. The van der Waals surface area contributed by atoms with E-state index in [2.05, 4.69) is 40.7 Å². The van der Waals surface area contributed by atoms with E-state index in [-0.39, 0.29) is 11.6 Å². The fourth-order valence-corrected chi connectivity index (χ4v) is 4.75. The average Bonchev–Trinajstić information content (AvgIpc) is 3.64. The third-order valence-corrected chi connectivity index (χ3v) is 6.84. The van der Waals surface area contributed by atoms with Gasteiger partial charge >= 0.3 is 12.0 Å². The highest BCUT2D eigenvalue weighted by Crippen LogP contribution is 2.41. The maximum Gasteiger partial charge on any atom is 0.337 e. The first-order chi connectivity index (χ1) is 17.0. The second-order valence-electron chi connectivity index (χ2n) is 9.32. The van der Waals surface area contributed by atoms with Crippen LogP contribution in [0.5, 0.6) is 11.6 Å². The summed E-state index contributed by atoms with van der Waals surface area (Å²) in [5, 5.41) is 12.2. The summed E-state index contributed by atoms with van der Waals surface area (Å²) < 4.78 is 5.78. The van der Waals surface area contributed by atoms with E-state index in [0.29, 0.717) is 29.5 Å². The van der Waals surface area contributed by atoms with E-state index in [1.165, 1.54) is 17.8 Å². The first-order valence-corrected chi connectivity index (χ1v) is 12.1. The molecule has 2 aliphatic carbocycles. The molecule has 180 valence electrons. The molecule has 2 N–H and O–H groups in total. The molecule has 0 radical (unpaired) electrons. The predicted molar refractivity (Wildman–Crippen MR) is 133 cm³/mol. The van der Waals surface area contributed by atoms with E-state index in [9.17, 15) is 9.59 Å². The number of aromatic carboxylic acids is 1. The van der Waals surface area contributed by atoms with Crippen LogP contribution in [0.15, 0.2) is 72.5 Å². The minimum Gasteiger partial charge on any atom is -0.478 e. The van der Waals surface area contributed by atoms with Crippen LogP contribution >= 0.6 is 0 Å². The predicted octanol–water partition coefficient (Wildman–Crippen LogP) is 5.28. The number of carboxylic acids is 1. The lowest BCUT2D eigenvalue weighted by Gasteiger charge is -2.29. The van der Waals surface area contributed by atoms with Crippen molar-refractivity contribution >= 4 is 18.1 Å². The van der Waals surface area contributed by atoms with Crippen molar-refractivity contribution < 1.29 is 19.4 Å². The standard InChI is InChI=1S/C28H29N3O4/c32-27(33)22-9-10-26(29-18-22)35-23-8-4-5-20(16-23)15-19-11-13-31(14-12-19)28(34)30-25-17-24(25)21-6-2-1-3-7-21/h1-6,8-10,15-16,18,21,24-25H,7,11-14,17H2,(H,30,34)(H,32,33). The van der Waals surface area contributed by atoms with Gasteiger partial charge in [-0.3, -0.25) is 0 Å². The molecule has 2 heterocycles. The molecule has 0 bridgehead atoms. The number of allylic oxidation sites excluding steroid dienone is 4. The summed E-state index contributed by atoms with van der Waals surface area (Å²) >= 11 is 0. The molecule has 2 fully saturated rings. The van der Waals surface area contributed by atoms with Gasteiger partial charge in [0.2, 0.25) is 5.88 Å². The van der Waals surface area contributed by atoms with Gasteiger partial charge in [-0.05, 0) is 61.3 Å². The molecule has 2 amide bonds. The zero-order chi connectivity index (χ0) is 24.2. The number of hydrogen-bond acceptors (Lipinski definition) is 4. The maximum absolute atomic E-state index is 12.7. The van der Waals surface area contributed by atoms with Crippen molar-refractivity contribution in [3.63, 3.8) is 0 Å². The molecular formula is C28H29N3O4. The number of carbonyl (C=O) groups is 2. The van der Waals surface area contributed by atoms with Crippen LogP contribution in [0, 0.1) is 11.8 Å². The molecule has 3 unspecified atom stereocenters. The van der Waals surface area contributed by atoms with E-state index in [0.717, 1.165) is 44.3 Å². The van der Waals surface area contributed by atoms with Gasteiger partial charge in [-0.1, -0.05) is 48.1 Å². The average molecular weight is 472 g/mol. The number of rotatable bonds is 6. The van der Waals surface area contributed by atoms with E-state index in [1.807, 2.05) is 29.2 Å². The number of nitrogens with one attached hydrogen (secondary N) is 1. The molecule has 1 aliphatic heterocycles. The first kappa shape index (κ1) is 22.9. The lowest BCUT2D eigenvalue weighted by atomic mass is 9.95. The molecule has 3 atom stereocenters. The Labute approximate surface area is 204 Å². The number of ether oxygens (including phenoxy) is 1. The number of amides is 2. The van der Waals surface area contributed by atoms with Gasteiger partial charge < -0.3 is 20.1 Å². The highest BCUT2D eigenvalue weighted by molar-refractivity contribution is 5.87. The summed E-state index contributed by atoms with van der Waals surface area (Å²) in [6.45, 7) is 1.44. The van der Waals surface area contributed by atoms with Gasteiger partial charge in [-0.25, -0.2) is 14.6 Å². The number of carbonyl (C=O) groups excluding carboxylic acids is 1. The van der Waals surface area contributed by atoms with Crippen molar-refractivity contribution in [2.24, 2.45) is 11.8 Å². The Balaban J connectivity index is 1.11. The second kappa shape index (κ2) is 10.2. The fraction of sp³-hybridized carbons (Fsp3) is 0.321. The quantitative estimate of drug-likeness (QED) is 0.598. The summed E-state index contributed by atoms with van der Waals surface area (Å²) in [4.78, 5) is 29.7. The van der Waals surface area contributed by atoms with Crippen molar-refractivity contribution in [1.82, 2.24) is 15.2 Å². The van der Waals surface area contributed by atoms with Gasteiger partial charge in [-0.2, -0.15) is 0 Å². The molecule has 1 aromatic heterocycles. The minimum absolute atomic E-state index is 0.0590. The molecule has 1 saturated carbocycles. The van der Waals surface area contributed by atoms with Crippen molar-refractivity contribution in [2.75, 3.05) is 13.1 Å². The van der Waals surface area contributed by atoms with Crippen LogP contribution in [0.25, 0.3) is 6.08 Å². The number of hydrogen-bond donors (Lipinski definition) is 2. The number of benzene rings is 1. The zero-order valence-corrected chi connectivity index (χ0v) is 19.5. The number of carboxylic acid groups (broad SMARTS) is 1. The normalized spacial score (nSPS) is 23.0. The molecule has 5 rings (SSSR count). The van der Waals surface area contributed by atoms with Crippen LogP contribution in [-0.4, -0.2) is 46.1 Å². The molecular weight excluding hydrogens is 442 g/mol. The third-order valence-electron chi connectivity index (χ3n) is 6.84. The summed E-state index contributed by atoms with van der Waals surface area (Å²) in [6.07, 6.45) is 16.0. The van der Waals surface area contributed by atoms with Gasteiger partial charge in [0, 0.05) is 31.4 Å². The Morgan fingerprint density at radius 2 is 2.00 bits per heavy atom. The Kier molecular flexibility index (Phi) is 6.66. The van der Waals surface area contributed by atoms with E-state index in [1.54, 1.807) is 6.07 Å². The molecule has 1 saturated heterocycles. The van der Waals surface area contributed by atoms with E-state index >= 15 is 0 Å². The molecule has 7 heteroatoms. The Hall–Kier alpha value is -3.87. The summed E-state index contributed by atoms with van der Waals surface area (Å²) in [5.41, 5.74) is 2.44. The number of aromatic nitrogens is 1. The number of likely N-dealkylation sites (tertiary alicyclic amines) is 1. The molecule has 3 aliphatic rings. The van der Waals surface area contributed by atoms with Crippen molar-refractivity contribution in [3.8, 4) is 11.6 Å². The number of urea groups is 1. The molecule has 2 aromatic rings. The van der Waals surface area contributed by atoms with Crippen LogP contribution in [0.2, 0.25) is 0 Å². The summed E-state index contributed by atoms with van der Waals surface area (Å²) in [6, 6.07) is 11.1. The lowest BCUT2D eigenvalue weighted by molar-refractivity contribution is 0.0696. The van der Waals surface area contributed by atoms with Gasteiger partial charge in [0.05, 0.1) is 5.56 Å². The van der Waals surface area contributed by atoms with Crippen LogP contribution < -0.4 is 10.1 Å². The van der Waals surface area contributed by atoms with Crippen molar-refractivity contribution in [1.29, 1.82) is 0 Å². The number of piperidine rings is 1. The zero-order valence-electron chi connectivity index (χ0n) is 19.5. The smallest absolute Gasteiger partial charge is 0.337 e. The monoisotopic (exact) mass is 471 g/mol. The third kappa shape index (κ3) is 5.80. The second-order valence-corrected chi connectivity index (χ2v) is 9.32. The topological polar surface area (TPSA) is 91.8 Å². The Bertz CT molecular complexity index is 1170. The molecule has 1 aromatic carbocycles. The van der Waals surface area contributed by atoms with Crippen molar-refractivity contribution in [3.05, 3.63) is 83.6 Å². The van der Waals surface area contributed by atoms with Crippen LogP contribution in [0.1, 0.15) is 41.6 Å². The molecule has 0 spiro atoms. The fourth-order valence-electron chi connectivity index (χ4n) is 4.75. The molecule has 7 nitrogen and oxygen atoms in total. The SMILES string of the molecule is O=C(O)c1ccc(Oc2cccc(C=C3CCN(C(=O)NC4CC4C4C=CC=CC4)CC3)c2)nc1. The Morgan fingerprint density at radius 3 is 2.71 bits per heavy atom. The van der Waals surface area contributed by atoms with Crippen molar-refractivity contribution in [2.45, 2.75) is 31.7 Å².